The topological polar surface area (TPSA) is 118 Å². The van der Waals surface area contributed by atoms with Gasteiger partial charge in [-0.2, -0.15) is 5.10 Å². The summed E-state index contributed by atoms with van der Waals surface area (Å²) in [5.41, 5.74) is 2.16. The number of hydrogen-bond acceptors (Lipinski definition) is 7. The third kappa shape index (κ3) is 4.23. The summed E-state index contributed by atoms with van der Waals surface area (Å²) in [6.07, 6.45) is 1.03. The highest BCUT2D eigenvalue weighted by Gasteiger charge is 2.17. The Balaban J connectivity index is 2.02. The number of aromatic amines is 1. The van der Waals surface area contributed by atoms with Crippen molar-refractivity contribution in [3.05, 3.63) is 74.8 Å². The Morgan fingerprint density at radius 2 is 1.93 bits per heavy atom. The van der Waals surface area contributed by atoms with Gasteiger partial charge in [-0.1, -0.05) is 18.2 Å². The Kier molecular flexibility index (Phi) is 6.28. The first kappa shape index (κ1) is 20.8. The molecule has 0 bridgehead atoms. The van der Waals surface area contributed by atoms with Crippen LogP contribution in [0.15, 0.2) is 58.4 Å². The molecule has 0 saturated heterocycles. The van der Waals surface area contributed by atoms with E-state index in [0.717, 1.165) is 6.21 Å². The fourth-order valence-electron chi connectivity index (χ4n) is 2.66. The van der Waals surface area contributed by atoms with Gasteiger partial charge in [0.05, 0.1) is 26.1 Å². The molecule has 30 heavy (non-hydrogen) atoms. The van der Waals surface area contributed by atoms with Gasteiger partial charge >= 0.3 is 0 Å². The molecule has 0 atom stereocenters. The summed E-state index contributed by atoms with van der Waals surface area (Å²) in [4.78, 5) is 26.9. The highest BCUT2D eigenvalue weighted by Crippen LogP contribution is 2.30. The van der Waals surface area contributed by atoms with E-state index in [9.17, 15) is 14.7 Å². The lowest BCUT2D eigenvalue weighted by molar-refractivity contribution is 0.0955. The molecule has 0 aliphatic rings. The average Bonchev–Trinajstić information content (AvgIpc) is 2.76. The van der Waals surface area contributed by atoms with E-state index in [1.165, 1.54) is 18.8 Å². The Morgan fingerprint density at radius 3 is 2.60 bits per heavy atom. The van der Waals surface area contributed by atoms with Crippen LogP contribution in [0.25, 0.3) is 5.69 Å². The maximum absolute atomic E-state index is 12.3. The lowest BCUT2D eigenvalue weighted by Gasteiger charge is -2.15. The summed E-state index contributed by atoms with van der Waals surface area (Å²) in [7, 11) is 2.95. The van der Waals surface area contributed by atoms with Gasteiger partial charge in [-0.3, -0.25) is 19.1 Å². The van der Waals surface area contributed by atoms with Gasteiger partial charge in [-0.05, 0) is 36.5 Å². The smallest absolute Gasteiger partial charge is 0.271 e. The lowest BCUT2D eigenvalue weighted by Crippen LogP contribution is -2.21. The maximum Gasteiger partial charge on any atom is 0.271 e. The second kappa shape index (κ2) is 9.05. The van der Waals surface area contributed by atoms with Crippen molar-refractivity contribution >= 4 is 24.3 Å². The highest BCUT2D eigenvalue weighted by atomic mass is 32.1. The molecule has 3 N–H and O–H groups in total. The molecule has 0 radical (unpaired) electrons. The predicted molar refractivity (Wildman–Crippen MR) is 113 cm³/mol. The fourth-order valence-corrected chi connectivity index (χ4v) is 2.94. The summed E-state index contributed by atoms with van der Waals surface area (Å²) >= 11 is 5.21. The minimum absolute atomic E-state index is 0.0606. The predicted octanol–water partition coefficient (Wildman–Crippen LogP) is 2.38. The first-order chi connectivity index (χ1) is 14.5. The Labute approximate surface area is 176 Å². The molecule has 10 heteroatoms. The molecule has 1 amide bonds. The summed E-state index contributed by atoms with van der Waals surface area (Å²) in [5, 5.41) is 14.5. The van der Waals surface area contributed by atoms with Gasteiger partial charge in [-0.25, -0.2) is 5.43 Å². The van der Waals surface area contributed by atoms with E-state index in [0.29, 0.717) is 22.7 Å². The number of hydrazone groups is 1. The van der Waals surface area contributed by atoms with E-state index in [2.05, 4.69) is 15.5 Å². The van der Waals surface area contributed by atoms with Gasteiger partial charge in [0.1, 0.15) is 17.1 Å². The number of aromatic hydroxyl groups is 1. The average molecular weight is 426 g/mol. The number of benzene rings is 2. The number of hydrogen-bond donors (Lipinski definition) is 3. The van der Waals surface area contributed by atoms with Crippen molar-refractivity contribution in [2.24, 2.45) is 5.10 Å². The van der Waals surface area contributed by atoms with Gasteiger partial charge < -0.3 is 14.6 Å². The van der Waals surface area contributed by atoms with Crippen molar-refractivity contribution in [3.63, 3.8) is 0 Å². The zero-order valence-corrected chi connectivity index (χ0v) is 16.9. The number of H-pyrrole nitrogens is 1. The third-order valence-electron chi connectivity index (χ3n) is 4.14. The number of rotatable bonds is 6. The molecule has 0 fully saturated rings. The van der Waals surface area contributed by atoms with Crippen LogP contribution < -0.4 is 20.5 Å². The van der Waals surface area contributed by atoms with Crippen LogP contribution in [-0.2, 0) is 0 Å². The van der Waals surface area contributed by atoms with Crippen LogP contribution >= 0.6 is 12.2 Å². The van der Waals surface area contributed by atoms with Crippen LogP contribution in [0.5, 0.6) is 17.4 Å². The molecule has 0 aliphatic carbocycles. The van der Waals surface area contributed by atoms with Gasteiger partial charge in [-0.15, -0.1) is 0 Å². The molecule has 0 unspecified atom stereocenters. The summed E-state index contributed by atoms with van der Waals surface area (Å²) in [6, 6.07) is 13.3. The summed E-state index contributed by atoms with van der Waals surface area (Å²) < 4.78 is 11.7. The lowest BCUT2D eigenvalue weighted by atomic mass is 10.2. The van der Waals surface area contributed by atoms with Crippen LogP contribution in [0.1, 0.15) is 15.9 Å². The summed E-state index contributed by atoms with van der Waals surface area (Å²) in [6.45, 7) is 0. The van der Waals surface area contributed by atoms with E-state index in [1.807, 2.05) is 0 Å². The van der Waals surface area contributed by atoms with Crippen molar-refractivity contribution in [1.29, 1.82) is 0 Å². The number of methoxy groups -OCH3 is 2. The van der Waals surface area contributed by atoms with Crippen molar-refractivity contribution in [1.82, 2.24) is 15.0 Å². The zero-order valence-electron chi connectivity index (χ0n) is 16.1. The van der Waals surface area contributed by atoms with Crippen LogP contribution in [0, 0.1) is 4.77 Å². The molecule has 9 nitrogen and oxygen atoms in total. The first-order valence-electron chi connectivity index (χ1n) is 8.65. The molecule has 2 aromatic carbocycles. The molecule has 3 aromatic rings. The fraction of sp³-hybridized carbons (Fsp3) is 0.100. The second-order valence-electron chi connectivity index (χ2n) is 5.93. The SMILES string of the molecule is COc1ccc(OC)c(-n2c(O)c(/C=N/NC(=O)c3ccccc3)c(=O)[nH]c2=S)c1. The van der Waals surface area contributed by atoms with Crippen LogP contribution in [0.3, 0.4) is 0 Å². The molecule has 1 aromatic heterocycles. The normalized spacial score (nSPS) is 10.7. The molecular formula is C20H18N4O5S. The molecule has 1 heterocycles. The van der Waals surface area contributed by atoms with E-state index in [1.54, 1.807) is 48.5 Å². The highest BCUT2D eigenvalue weighted by molar-refractivity contribution is 7.71. The quantitative estimate of drug-likeness (QED) is 0.316. The van der Waals surface area contributed by atoms with Gasteiger partial charge in [0.2, 0.25) is 5.88 Å². The van der Waals surface area contributed by atoms with E-state index in [4.69, 9.17) is 21.7 Å². The Bertz CT molecular complexity index is 1220. The molecule has 0 saturated carbocycles. The molecular weight excluding hydrogens is 408 g/mol. The van der Waals surface area contributed by atoms with Gasteiger partial charge in [0, 0.05) is 11.6 Å². The molecule has 3 rings (SSSR count). The van der Waals surface area contributed by atoms with Crippen LogP contribution in [0.4, 0.5) is 0 Å². The second-order valence-corrected chi connectivity index (χ2v) is 6.32. The number of carbonyl (C=O) groups excluding carboxylic acids is 1. The largest absolute Gasteiger partial charge is 0.497 e. The first-order valence-corrected chi connectivity index (χ1v) is 9.06. The van der Waals surface area contributed by atoms with Crippen LogP contribution in [0.2, 0.25) is 0 Å². The number of ether oxygens (including phenoxy) is 2. The van der Waals surface area contributed by atoms with Crippen molar-refractivity contribution in [2.75, 3.05) is 14.2 Å². The zero-order chi connectivity index (χ0) is 21.7. The Morgan fingerprint density at radius 1 is 1.20 bits per heavy atom. The van der Waals surface area contributed by atoms with Gasteiger partial charge in [0.15, 0.2) is 4.77 Å². The minimum atomic E-state index is -0.673. The molecule has 0 aliphatic heterocycles. The van der Waals surface area contributed by atoms with E-state index >= 15 is 0 Å². The van der Waals surface area contributed by atoms with E-state index in [-0.39, 0.29) is 10.3 Å². The number of nitrogens with one attached hydrogen (secondary N) is 2. The monoisotopic (exact) mass is 426 g/mol. The number of aromatic nitrogens is 2. The Hall–Kier alpha value is -3.92. The molecule has 154 valence electrons. The molecule has 0 spiro atoms. The maximum atomic E-state index is 12.3. The van der Waals surface area contributed by atoms with Crippen molar-refractivity contribution in [3.8, 4) is 23.1 Å². The standard InChI is InChI=1S/C20H18N4O5S/c1-28-13-8-9-16(29-2)15(10-13)24-19(27)14(18(26)22-20(24)30)11-21-23-17(25)12-6-4-3-5-7-12/h3-11,27H,1-2H3,(H,23,25)(H,22,26,30)/b21-11+. The van der Waals surface area contributed by atoms with Gasteiger partial charge in [0.25, 0.3) is 11.5 Å². The minimum Gasteiger partial charge on any atom is -0.497 e. The summed E-state index contributed by atoms with van der Waals surface area (Å²) in [5.74, 6) is -0.0730. The number of amides is 1. The van der Waals surface area contributed by atoms with Crippen molar-refractivity contribution in [2.45, 2.75) is 0 Å². The van der Waals surface area contributed by atoms with Crippen LogP contribution in [-0.4, -0.2) is 41.0 Å². The van der Waals surface area contributed by atoms with Crippen molar-refractivity contribution < 1.29 is 19.4 Å². The third-order valence-corrected chi connectivity index (χ3v) is 4.43. The number of carbonyl (C=O) groups is 1. The number of nitrogens with zero attached hydrogens (tertiary/aromatic N) is 2. The van der Waals surface area contributed by atoms with E-state index < -0.39 is 17.3 Å².